The molecule has 3 unspecified atom stereocenters. The molecule has 0 amide bonds. The standard InChI is InChI=1S/C24H27N3/c1-3-27(4-2)16-12-13-23-20(14-16)17-9-7-10-19(17)24(26-23)21-15-25-22-11-6-5-8-18(21)22/h5-9,11-15,17,19,24-26H,3-4,10H2,1-2H3. The van der Waals surface area contributed by atoms with Gasteiger partial charge in [0, 0.05) is 47.5 Å². The minimum atomic E-state index is 0.341. The van der Waals surface area contributed by atoms with Crippen LogP contribution in [0.5, 0.6) is 0 Å². The van der Waals surface area contributed by atoms with Crippen LogP contribution in [0.25, 0.3) is 10.9 Å². The number of para-hydroxylation sites is 1. The lowest BCUT2D eigenvalue weighted by atomic mass is 9.77. The molecule has 0 saturated heterocycles. The summed E-state index contributed by atoms with van der Waals surface area (Å²) in [6.07, 6.45) is 8.14. The van der Waals surface area contributed by atoms with Crippen LogP contribution in [0.4, 0.5) is 11.4 Å². The second kappa shape index (κ2) is 6.49. The van der Waals surface area contributed by atoms with E-state index in [1.807, 2.05) is 0 Å². The first-order chi connectivity index (χ1) is 13.3. The largest absolute Gasteiger partial charge is 0.378 e. The highest BCUT2D eigenvalue weighted by Crippen LogP contribution is 2.51. The summed E-state index contributed by atoms with van der Waals surface area (Å²) in [7, 11) is 0. The van der Waals surface area contributed by atoms with Gasteiger partial charge in [0.2, 0.25) is 0 Å². The number of anilines is 2. The summed E-state index contributed by atoms with van der Waals surface area (Å²) in [5.41, 5.74) is 6.69. The van der Waals surface area contributed by atoms with Crippen LogP contribution < -0.4 is 10.2 Å². The highest BCUT2D eigenvalue weighted by molar-refractivity contribution is 5.84. The van der Waals surface area contributed by atoms with Gasteiger partial charge in [-0.15, -0.1) is 0 Å². The van der Waals surface area contributed by atoms with E-state index < -0.39 is 0 Å². The smallest absolute Gasteiger partial charge is 0.0574 e. The van der Waals surface area contributed by atoms with Gasteiger partial charge in [0.05, 0.1) is 6.04 Å². The van der Waals surface area contributed by atoms with Gasteiger partial charge in [0.15, 0.2) is 0 Å². The lowest BCUT2D eigenvalue weighted by Crippen LogP contribution is -2.29. The number of hydrogen-bond acceptors (Lipinski definition) is 2. The minimum absolute atomic E-state index is 0.341. The summed E-state index contributed by atoms with van der Waals surface area (Å²) in [6, 6.07) is 15.9. The molecule has 27 heavy (non-hydrogen) atoms. The molecule has 3 aromatic rings. The second-order valence-corrected chi connectivity index (χ2v) is 7.71. The number of aromatic amines is 1. The van der Waals surface area contributed by atoms with Crippen LogP contribution in [0, 0.1) is 5.92 Å². The first kappa shape index (κ1) is 16.5. The van der Waals surface area contributed by atoms with Gasteiger partial charge >= 0.3 is 0 Å². The molecular weight excluding hydrogens is 330 g/mol. The van der Waals surface area contributed by atoms with Gasteiger partial charge in [-0.1, -0.05) is 30.4 Å². The van der Waals surface area contributed by atoms with Crippen LogP contribution >= 0.6 is 0 Å². The third kappa shape index (κ3) is 2.56. The summed E-state index contributed by atoms with van der Waals surface area (Å²) >= 11 is 0. The summed E-state index contributed by atoms with van der Waals surface area (Å²) in [5, 5.41) is 5.22. The molecule has 1 aromatic heterocycles. The monoisotopic (exact) mass is 357 g/mol. The SMILES string of the molecule is CCN(CC)c1ccc2c(c1)C1C=CCC1C(c1c[nH]c3ccccc13)N2. The van der Waals surface area contributed by atoms with Crippen molar-refractivity contribution >= 4 is 22.3 Å². The molecule has 3 atom stereocenters. The molecule has 0 bridgehead atoms. The van der Waals surface area contributed by atoms with Gasteiger partial charge < -0.3 is 15.2 Å². The highest BCUT2D eigenvalue weighted by atomic mass is 15.1. The first-order valence-electron chi connectivity index (χ1n) is 10.2. The maximum Gasteiger partial charge on any atom is 0.0574 e. The van der Waals surface area contributed by atoms with Crippen molar-refractivity contribution in [2.45, 2.75) is 32.2 Å². The number of allylic oxidation sites excluding steroid dienone is 2. The van der Waals surface area contributed by atoms with Gasteiger partial charge in [-0.05, 0) is 61.6 Å². The molecule has 0 fully saturated rings. The maximum atomic E-state index is 3.89. The zero-order valence-corrected chi connectivity index (χ0v) is 16.1. The van der Waals surface area contributed by atoms with E-state index in [1.165, 1.54) is 33.4 Å². The highest BCUT2D eigenvalue weighted by Gasteiger charge is 2.38. The van der Waals surface area contributed by atoms with Crippen molar-refractivity contribution in [3.05, 3.63) is 71.9 Å². The minimum Gasteiger partial charge on any atom is -0.378 e. The lowest BCUT2D eigenvalue weighted by molar-refractivity contribution is 0.427. The molecule has 1 aliphatic heterocycles. The Balaban J connectivity index is 1.58. The molecule has 2 heterocycles. The van der Waals surface area contributed by atoms with Gasteiger partial charge in [-0.3, -0.25) is 0 Å². The average Bonchev–Trinajstić information content (AvgIpc) is 3.36. The molecule has 5 rings (SSSR count). The zero-order chi connectivity index (χ0) is 18.4. The van der Waals surface area contributed by atoms with E-state index in [0.717, 1.165) is 19.5 Å². The van der Waals surface area contributed by atoms with Crippen LogP contribution in [-0.4, -0.2) is 18.1 Å². The third-order valence-corrected chi connectivity index (χ3v) is 6.43. The van der Waals surface area contributed by atoms with Gasteiger partial charge in [0.1, 0.15) is 0 Å². The predicted octanol–water partition coefficient (Wildman–Crippen LogP) is 5.84. The van der Waals surface area contributed by atoms with Crippen LogP contribution in [0.15, 0.2) is 60.8 Å². The number of nitrogens with one attached hydrogen (secondary N) is 2. The molecule has 3 nitrogen and oxygen atoms in total. The third-order valence-electron chi connectivity index (χ3n) is 6.43. The molecular formula is C24H27N3. The predicted molar refractivity (Wildman–Crippen MR) is 115 cm³/mol. The molecule has 0 radical (unpaired) electrons. The Labute approximate surface area is 161 Å². The zero-order valence-electron chi connectivity index (χ0n) is 16.1. The van der Waals surface area contributed by atoms with E-state index >= 15 is 0 Å². The van der Waals surface area contributed by atoms with Crippen molar-refractivity contribution in [3.8, 4) is 0 Å². The van der Waals surface area contributed by atoms with E-state index in [1.54, 1.807) is 0 Å². The number of benzene rings is 2. The molecule has 0 saturated carbocycles. The fourth-order valence-electron chi connectivity index (χ4n) is 5.03. The number of hydrogen-bond donors (Lipinski definition) is 2. The van der Waals surface area contributed by atoms with Crippen molar-refractivity contribution in [2.75, 3.05) is 23.3 Å². The summed E-state index contributed by atoms with van der Waals surface area (Å²) in [5.74, 6) is 1.07. The van der Waals surface area contributed by atoms with Crippen LogP contribution in [-0.2, 0) is 0 Å². The van der Waals surface area contributed by atoms with E-state index in [9.17, 15) is 0 Å². The van der Waals surface area contributed by atoms with Gasteiger partial charge in [-0.25, -0.2) is 0 Å². The van der Waals surface area contributed by atoms with Crippen molar-refractivity contribution in [3.63, 3.8) is 0 Å². The van der Waals surface area contributed by atoms with Crippen LogP contribution in [0.3, 0.4) is 0 Å². The Morgan fingerprint density at radius 1 is 1.04 bits per heavy atom. The van der Waals surface area contributed by atoms with E-state index in [0.29, 0.717) is 17.9 Å². The molecule has 3 heteroatoms. The van der Waals surface area contributed by atoms with Gasteiger partial charge in [0.25, 0.3) is 0 Å². The van der Waals surface area contributed by atoms with E-state index in [4.69, 9.17) is 0 Å². The molecule has 2 aromatic carbocycles. The number of nitrogens with zero attached hydrogens (tertiary/aromatic N) is 1. The number of H-pyrrole nitrogens is 1. The van der Waals surface area contributed by atoms with Crippen molar-refractivity contribution in [2.24, 2.45) is 5.92 Å². The summed E-state index contributed by atoms with van der Waals surface area (Å²) in [6.45, 7) is 6.55. The topological polar surface area (TPSA) is 31.1 Å². The fraction of sp³-hybridized carbons (Fsp3) is 0.333. The summed E-state index contributed by atoms with van der Waals surface area (Å²) < 4.78 is 0. The fourth-order valence-corrected chi connectivity index (χ4v) is 5.03. The number of aromatic nitrogens is 1. The lowest BCUT2D eigenvalue weighted by Gasteiger charge is -2.38. The van der Waals surface area contributed by atoms with Gasteiger partial charge in [-0.2, -0.15) is 0 Å². The molecule has 2 aliphatic rings. The van der Waals surface area contributed by atoms with Crippen molar-refractivity contribution in [1.29, 1.82) is 0 Å². The average molecular weight is 358 g/mol. The van der Waals surface area contributed by atoms with Crippen LogP contribution in [0.2, 0.25) is 0 Å². The molecule has 138 valence electrons. The van der Waals surface area contributed by atoms with Crippen molar-refractivity contribution < 1.29 is 0 Å². The Bertz CT molecular complexity index is 996. The quantitative estimate of drug-likeness (QED) is 0.575. The Hall–Kier alpha value is -2.68. The molecule has 2 N–H and O–H groups in total. The normalized spacial score (nSPS) is 23.1. The Kier molecular flexibility index (Phi) is 3.96. The van der Waals surface area contributed by atoms with Crippen molar-refractivity contribution in [1.82, 2.24) is 4.98 Å². The molecule has 1 aliphatic carbocycles. The first-order valence-corrected chi connectivity index (χ1v) is 10.2. The van der Waals surface area contributed by atoms with E-state index in [-0.39, 0.29) is 0 Å². The van der Waals surface area contributed by atoms with Crippen LogP contribution in [0.1, 0.15) is 43.4 Å². The molecule has 0 spiro atoms. The Morgan fingerprint density at radius 3 is 2.74 bits per heavy atom. The number of fused-ring (bicyclic) bond motifs is 4. The van der Waals surface area contributed by atoms with E-state index in [2.05, 4.69) is 89.9 Å². The number of rotatable bonds is 4. The summed E-state index contributed by atoms with van der Waals surface area (Å²) in [4.78, 5) is 5.89. The maximum absolute atomic E-state index is 3.89. The Morgan fingerprint density at radius 2 is 1.89 bits per heavy atom. The second-order valence-electron chi connectivity index (χ2n) is 7.71.